The van der Waals surface area contributed by atoms with Crippen molar-refractivity contribution in [2.24, 2.45) is 0 Å². The van der Waals surface area contributed by atoms with Gasteiger partial charge in [-0.1, -0.05) is 24.6 Å². The highest BCUT2D eigenvalue weighted by Gasteiger charge is 2.13. The number of sulfonamides is 1. The molecule has 0 amide bonds. The Morgan fingerprint density at radius 2 is 1.74 bits per heavy atom. The fraction of sp³-hybridized carbons (Fsp3) is 0.571. The molecule has 1 aromatic carbocycles. The largest absolute Gasteiger partial charge is 0.303 e. The fourth-order valence-corrected chi connectivity index (χ4v) is 3.47. The molecule has 1 aliphatic rings. The van der Waals surface area contributed by atoms with Gasteiger partial charge in [-0.05, 0) is 51.0 Å². The Kier molecular flexibility index (Phi) is 5.36. The van der Waals surface area contributed by atoms with Crippen LogP contribution in [-0.4, -0.2) is 39.5 Å². The fourth-order valence-electron chi connectivity index (χ4n) is 2.38. The first-order valence-corrected chi connectivity index (χ1v) is 8.44. The van der Waals surface area contributed by atoms with Crippen LogP contribution in [0.15, 0.2) is 35.2 Å². The van der Waals surface area contributed by atoms with Crippen molar-refractivity contribution in [2.45, 2.75) is 30.6 Å². The first-order valence-electron chi connectivity index (χ1n) is 6.95. The van der Waals surface area contributed by atoms with Crippen molar-refractivity contribution >= 4 is 10.0 Å². The molecule has 106 valence electrons. The number of likely N-dealkylation sites (tertiary alicyclic amines) is 1. The van der Waals surface area contributed by atoms with E-state index in [-0.39, 0.29) is 0 Å². The Labute approximate surface area is 115 Å². The van der Waals surface area contributed by atoms with Crippen molar-refractivity contribution < 1.29 is 8.42 Å². The third kappa shape index (κ3) is 4.60. The van der Waals surface area contributed by atoms with Crippen molar-refractivity contribution in [1.29, 1.82) is 0 Å². The second kappa shape index (κ2) is 7.03. The number of nitrogens with zero attached hydrogens (tertiary/aromatic N) is 1. The maximum absolute atomic E-state index is 12.0. The Balaban J connectivity index is 1.73. The smallest absolute Gasteiger partial charge is 0.240 e. The van der Waals surface area contributed by atoms with E-state index in [1.807, 2.05) is 6.07 Å². The van der Waals surface area contributed by atoms with Gasteiger partial charge in [-0.3, -0.25) is 0 Å². The number of hydrogen-bond acceptors (Lipinski definition) is 3. The van der Waals surface area contributed by atoms with Crippen LogP contribution in [0.1, 0.15) is 25.7 Å². The van der Waals surface area contributed by atoms with E-state index in [1.165, 1.54) is 19.3 Å². The zero-order valence-corrected chi connectivity index (χ0v) is 12.0. The van der Waals surface area contributed by atoms with Crippen LogP contribution in [0.4, 0.5) is 0 Å². The van der Waals surface area contributed by atoms with Gasteiger partial charge in [0.25, 0.3) is 0 Å². The maximum atomic E-state index is 12.0. The van der Waals surface area contributed by atoms with E-state index in [0.717, 1.165) is 26.1 Å². The molecule has 1 aliphatic heterocycles. The summed E-state index contributed by atoms with van der Waals surface area (Å²) >= 11 is 0. The van der Waals surface area contributed by atoms with Crippen molar-refractivity contribution in [1.82, 2.24) is 9.62 Å². The molecule has 0 bridgehead atoms. The first-order chi connectivity index (χ1) is 9.18. The number of benzene rings is 1. The van der Waals surface area contributed by atoms with E-state index in [2.05, 4.69) is 9.62 Å². The van der Waals surface area contributed by atoms with E-state index in [4.69, 9.17) is 0 Å². The zero-order valence-electron chi connectivity index (χ0n) is 11.2. The standard InChI is InChI=1S/C14H22N2O2S/c17-19(18,14-8-3-1-4-9-14)15-10-7-13-16-11-5-2-6-12-16/h1,3-4,8-9,15H,2,5-7,10-13H2. The summed E-state index contributed by atoms with van der Waals surface area (Å²) in [7, 11) is -3.33. The van der Waals surface area contributed by atoms with Gasteiger partial charge in [0.2, 0.25) is 10.0 Å². The summed E-state index contributed by atoms with van der Waals surface area (Å²) in [6.07, 6.45) is 4.74. The average molecular weight is 282 g/mol. The topological polar surface area (TPSA) is 49.4 Å². The summed E-state index contributed by atoms with van der Waals surface area (Å²) in [5.41, 5.74) is 0. The molecular weight excluding hydrogens is 260 g/mol. The van der Waals surface area contributed by atoms with Gasteiger partial charge in [-0.15, -0.1) is 0 Å². The van der Waals surface area contributed by atoms with E-state index in [1.54, 1.807) is 24.3 Å². The number of rotatable bonds is 6. The lowest BCUT2D eigenvalue weighted by Gasteiger charge is -2.26. The van der Waals surface area contributed by atoms with Crippen LogP contribution >= 0.6 is 0 Å². The molecule has 19 heavy (non-hydrogen) atoms. The normalized spacial score (nSPS) is 17.5. The summed E-state index contributed by atoms with van der Waals surface area (Å²) in [6, 6.07) is 8.53. The second-order valence-electron chi connectivity index (χ2n) is 4.97. The second-order valence-corrected chi connectivity index (χ2v) is 6.73. The van der Waals surface area contributed by atoms with Gasteiger partial charge in [0.05, 0.1) is 4.90 Å². The third-order valence-electron chi connectivity index (χ3n) is 3.45. The Morgan fingerprint density at radius 3 is 2.42 bits per heavy atom. The molecular formula is C14H22N2O2S. The van der Waals surface area contributed by atoms with E-state index < -0.39 is 10.0 Å². The van der Waals surface area contributed by atoms with Crippen LogP contribution in [0.25, 0.3) is 0 Å². The predicted molar refractivity (Wildman–Crippen MR) is 76.5 cm³/mol. The number of piperidine rings is 1. The van der Waals surface area contributed by atoms with Crippen LogP contribution in [0.3, 0.4) is 0 Å². The summed E-state index contributed by atoms with van der Waals surface area (Å²) in [5, 5.41) is 0. The highest BCUT2D eigenvalue weighted by molar-refractivity contribution is 7.89. The molecule has 1 saturated heterocycles. The van der Waals surface area contributed by atoms with Crippen molar-refractivity contribution in [3.8, 4) is 0 Å². The SMILES string of the molecule is O=S(=O)(NCCCN1CCCCC1)c1ccccc1. The summed E-state index contributed by atoms with van der Waals surface area (Å²) in [4.78, 5) is 2.76. The van der Waals surface area contributed by atoms with Crippen LogP contribution in [-0.2, 0) is 10.0 Å². The Morgan fingerprint density at radius 1 is 1.05 bits per heavy atom. The first kappa shape index (κ1) is 14.5. The van der Waals surface area contributed by atoms with Gasteiger partial charge in [0.15, 0.2) is 0 Å². The summed E-state index contributed by atoms with van der Waals surface area (Å²) in [5.74, 6) is 0. The number of hydrogen-bond donors (Lipinski definition) is 1. The van der Waals surface area contributed by atoms with Gasteiger partial charge in [-0.2, -0.15) is 0 Å². The van der Waals surface area contributed by atoms with Crippen LogP contribution < -0.4 is 4.72 Å². The molecule has 2 rings (SSSR count). The van der Waals surface area contributed by atoms with Crippen molar-refractivity contribution in [3.05, 3.63) is 30.3 Å². The lowest BCUT2D eigenvalue weighted by molar-refractivity contribution is 0.227. The summed E-state index contributed by atoms with van der Waals surface area (Å²) in [6.45, 7) is 3.81. The van der Waals surface area contributed by atoms with Gasteiger partial charge in [-0.25, -0.2) is 13.1 Å². The minimum absolute atomic E-state index is 0.341. The molecule has 0 atom stereocenters. The molecule has 1 heterocycles. The van der Waals surface area contributed by atoms with Crippen molar-refractivity contribution in [2.75, 3.05) is 26.2 Å². The quantitative estimate of drug-likeness (QED) is 0.810. The summed E-state index contributed by atoms with van der Waals surface area (Å²) < 4.78 is 26.6. The molecule has 1 N–H and O–H groups in total. The van der Waals surface area contributed by atoms with E-state index in [0.29, 0.717) is 11.4 Å². The zero-order chi connectivity index (χ0) is 13.6. The highest BCUT2D eigenvalue weighted by Crippen LogP contribution is 2.09. The van der Waals surface area contributed by atoms with Gasteiger partial charge < -0.3 is 4.90 Å². The lowest BCUT2D eigenvalue weighted by Crippen LogP contribution is -2.33. The van der Waals surface area contributed by atoms with Gasteiger partial charge in [0.1, 0.15) is 0 Å². The monoisotopic (exact) mass is 282 g/mol. The van der Waals surface area contributed by atoms with Crippen LogP contribution in [0.5, 0.6) is 0 Å². The minimum atomic E-state index is -3.33. The highest BCUT2D eigenvalue weighted by atomic mass is 32.2. The van der Waals surface area contributed by atoms with E-state index >= 15 is 0 Å². The van der Waals surface area contributed by atoms with Crippen LogP contribution in [0, 0.1) is 0 Å². The molecule has 4 nitrogen and oxygen atoms in total. The third-order valence-corrected chi connectivity index (χ3v) is 4.92. The molecule has 0 radical (unpaired) electrons. The molecule has 0 saturated carbocycles. The van der Waals surface area contributed by atoms with Gasteiger partial charge >= 0.3 is 0 Å². The maximum Gasteiger partial charge on any atom is 0.240 e. The van der Waals surface area contributed by atoms with Crippen LogP contribution in [0.2, 0.25) is 0 Å². The van der Waals surface area contributed by atoms with E-state index in [9.17, 15) is 8.42 Å². The Hall–Kier alpha value is -0.910. The van der Waals surface area contributed by atoms with Gasteiger partial charge in [0, 0.05) is 6.54 Å². The molecule has 0 spiro atoms. The average Bonchev–Trinajstić information content (AvgIpc) is 2.46. The molecule has 0 aliphatic carbocycles. The minimum Gasteiger partial charge on any atom is -0.303 e. The molecule has 1 aromatic rings. The lowest BCUT2D eigenvalue weighted by atomic mass is 10.1. The van der Waals surface area contributed by atoms with Crippen molar-refractivity contribution in [3.63, 3.8) is 0 Å². The molecule has 0 unspecified atom stereocenters. The Bertz CT molecular complexity index is 467. The molecule has 5 heteroatoms. The molecule has 1 fully saturated rings. The number of nitrogens with one attached hydrogen (secondary N) is 1. The molecule has 0 aromatic heterocycles. The predicted octanol–water partition coefficient (Wildman–Crippen LogP) is 1.84.